The Morgan fingerprint density at radius 1 is 1.23 bits per heavy atom. The van der Waals surface area contributed by atoms with Gasteiger partial charge in [-0.2, -0.15) is 11.3 Å². The first-order valence-electron chi connectivity index (χ1n) is 9.16. The first kappa shape index (κ1) is 18.9. The second kappa shape index (κ2) is 9.69. The number of rotatable bonds is 6. The largest absolute Gasteiger partial charge is 0.356 e. The van der Waals surface area contributed by atoms with Crippen molar-refractivity contribution in [1.82, 2.24) is 15.5 Å². The molecule has 0 atom stereocenters. The molecule has 2 N–H and O–H groups in total. The Hall–Kier alpha value is -1.92. The van der Waals surface area contributed by atoms with Gasteiger partial charge in [-0.05, 0) is 60.3 Å². The number of piperidine rings is 1. The average molecular weight is 375 g/mol. The quantitative estimate of drug-likeness (QED) is 0.601. The predicted octanol–water partition coefficient (Wildman–Crippen LogP) is 3.46. The monoisotopic (exact) mass is 374 g/mol. The Morgan fingerprint density at radius 3 is 2.73 bits per heavy atom. The lowest BCUT2D eigenvalue weighted by Crippen LogP contribution is -2.42. The highest BCUT2D eigenvalue weighted by atomic mass is 32.1. The molecule has 1 aromatic carbocycles. The van der Waals surface area contributed by atoms with Crippen LogP contribution in [0.3, 0.4) is 0 Å². The van der Waals surface area contributed by atoms with E-state index in [-0.39, 0.29) is 5.82 Å². The molecule has 2 heterocycles. The summed E-state index contributed by atoms with van der Waals surface area (Å²) in [4.78, 5) is 6.64. The van der Waals surface area contributed by atoms with Crippen LogP contribution in [-0.2, 0) is 13.1 Å². The summed E-state index contributed by atoms with van der Waals surface area (Å²) in [7, 11) is 1.81. The summed E-state index contributed by atoms with van der Waals surface area (Å²) < 4.78 is 13.8. The summed E-state index contributed by atoms with van der Waals surface area (Å²) in [6.07, 6.45) is 2.26. The van der Waals surface area contributed by atoms with E-state index < -0.39 is 0 Å². The molecule has 0 unspecified atom stereocenters. The third kappa shape index (κ3) is 5.54. The van der Waals surface area contributed by atoms with E-state index >= 15 is 0 Å². The van der Waals surface area contributed by atoms with Crippen LogP contribution in [0, 0.1) is 11.7 Å². The number of benzene rings is 1. The molecule has 0 radical (unpaired) electrons. The zero-order valence-corrected chi connectivity index (χ0v) is 16.1. The highest BCUT2D eigenvalue weighted by Crippen LogP contribution is 2.19. The minimum absolute atomic E-state index is 0.100. The molecule has 6 heteroatoms. The number of nitrogens with zero attached hydrogens (tertiary/aromatic N) is 2. The normalized spacial score (nSPS) is 16.6. The summed E-state index contributed by atoms with van der Waals surface area (Å²) in [6, 6.07) is 9.20. The predicted molar refractivity (Wildman–Crippen MR) is 107 cm³/mol. The van der Waals surface area contributed by atoms with Crippen molar-refractivity contribution >= 4 is 17.3 Å². The van der Waals surface area contributed by atoms with Crippen LogP contribution in [-0.4, -0.2) is 37.5 Å². The molecule has 0 spiro atoms. The lowest BCUT2D eigenvalue weighted by Gasteiger charge is -2.32. The fourth-order valence-corrected chi connectivity index (χ4v) is 3.93. The van der Waals surface area contributed by atoms with Crippen LogP contribution in [0.5, 0.6) is 0 Å². The zero-order valence-electron chi connectivity index (χ0n) is 15.2. The second-order valence-electron chi connectivity index (χ2n) is 6.75. The van der Waals surface area contributed by atoms with Crippen LogP contribution in [0.25, 0.3) is 0 Å². The first-order valence-corrected chi connectivity index (χ1v) is 10.1. The van der Waals surface area contributed by atoms with Crippen LogP contribution in [0.2, 0.25) is 0 Å². The van der Waals surface area contributed by atoms with Crippen LogP contribution in [0.1, 0.15) is 24.0 Å². The molecule has 0 saturated carbocycles. The summed E-state index contributed by atoms with van der Waals surface area (Å²) in [5, 5.41) is 11.0. The Kier molecular flexibility index (Phi) is 7.03. The van der Waals surface area contributed by atoms with E-state index in [1.165, 1.54) is 5.56 Å². The fraction of sp³-hybridized carbons (Fsp3) is 0.450. The van der Waals surface area contributed by atoms with Gasteiger partial charge in [-0.15, -0.1) is 0 Å². The first-order chi connectivity index (χ1) is 12.7. The van der Waals surface area contributed by atoms with Crippen molar-refractivity contribution in [3.05, 3.63) is 58.0 Å². The summed E-state index contributed by atoms with van der Waals surface area (Å²) in [6.45, 7) is 4.46. The van der Waals surface area contributed by atoms with Crippen molar-refractivity contribution in [1.29, 1.82) is 0 Å². The molecule has 2 aromatic rings. The van der Waals surface area contributed by atoms with E-state index in [1.54, 1.807) is 30.5 Å². The van der Waals surface area contributed by atoms with Crippen molar-refractivity contribution in [3.63, 3.8) is 0 Å². The molecule has 1 aromatic heterocycles. The molecule has 0 bridgehead atoms. The van der Waals surface area contributed by atoms with E-state index in [0.29, 0.717) is 12.5 Å². The number of guanidine groups is 1. The average Bonchev–Trinajstić information content (AvgIpc) is 3.18. The number of nitrogens with one attached hydrogen (secondary N) is 2. The van der Waals surface area contributed by atoms with Crippen LogP contribution in [0.4, 0.5) is 4.39 Å². The Labute approximate surface area is 159 Å². The summed E-state index contributed by atoms with van der Waals surface area (Å²) in [5.74, 6) is 1.38. The lowest BCUT2D eigenvalue weighted by molar-refractivity contribution is 0.176. The van der Waals surface area contributed by atoms with Gasteiger partial charge in [0.25, 0.3) is 0 Å². The van der Waals surface area contributed by atoms with Gasteiger partial charge in [0.2, 0.25) is 0 Å². The second-order valence-corrected chi connectivity index (χ2v) is 7.53. The molecule has 4 nitrogen and oxygen atoms in total. The van der Waals surface area contributed by atoms with Crippen molar-refractivity contribution in [3.8, 4) is 0 Å². The SMILES string of the molecule is CN=C(NCc1ccsc1)NCC1CCN(Cc2ccccc2F)CC1. The molecule has 0 aliphatic carbocycles. The molecule has 26 heavy (non-hydrogen) atoms. The minimum Gasteiger partial charge on any atom is -0.356 e. The van der Waals surface area contributed by atoms with Gasteiger partial charge in [-0.3, -0.25) is 9.89 Å². The molecule has 1 aliphatic heterocycles. The highest BCUT2D eigenvalue weighted by Gasteiger charge is 2.20. The van der Waals surface area contributed by atoms with Crippen LogP contribution >= 0.6 is 11.3 Å². The molecular weight excluding hydrogens is 347 g/mol. The van der Waals surface area contributed by atoms with Crippen molar-refractivity contribution in [2.75, 3.05) is 26.7 Å². The molecule has 1 aliphatic rings. The third-order valence-corrected chi connectivity index (χ3v) is 5.61. The Balaban J connectivity index is 1.37. The molecular formula is C20H27FN4S. The Bertz CT molecular complexity index is 694. The standard InChI is InChI=1S/C20H27FN4S/c1-22-20(24-13-17-8-11-26-15-17)23-12-16-6-9-25(10-7-16)14-18-4-2-3-5-19(18)21/h2-5,8,11,15-16H,6-7,9-10,12-14H2,1H3,(H2,22,23,24). The highest BCUT2D eigenvalue weighted by molar-refractivity contribution is 7.07. The van der Waals surface area contributed by atoms with Gasteiger partial charge >= 0.3 is 0 Å². The summed E-state index contributed by atoms with van der Waals surface area (Å²) >= 11 is 1.71. The van der Waals surface area contributed by atoms with E-state index in [0.717, 1.165) is 50.5 Å². The molecule has 0 amide bonds. The maximum atomic E-state index is 13.8. The number of hydrogen-bond acceptors (Lipinski definition) is 3. The molecule has 1 saturated heterocycles. The Morgan fingerprint density at radius 2 is 2.04 bits per heavy atom. The van der Waals surface area contributed by atoms with Gasteiger partial charge < -0.3 is 10.6 Å². The van der Waals surface area contributed by atoms with Gasteiger partial charge in [0.05, 0.1) is 0 Å². The number of aliphatic imine (C=N–C) groups is 1. The number of halogens is 1. The summed E-state index contributed by atoms with van der Waals surface area (Å²) in [5.41, 5.74) is 2.07. The molecule has 3 rings (SSSR count). The number of likely N-dealkylation sites (tertiary alicyclic amines) is 1. The maximum Gasteiger partial charge on any atom is 0.191 e. The van der Waals surface area contributed by atoms with Crippen LogP contribution in [0.15, 0.2) is 46.1 Å². The van der Waals surface area contributed by atoms with E-state index in [1.807, 2.05) is 12.1 Å². The van der Waals surface area contributed by atoms with E-state index in [2.05, 4.69) is 37.4 Å². The van der Waals surface area contributed by atoms with Gasteiger partial charge in [0.15, 0.2) is 5.96 Å². The lowest BCUT2D eigenvalue weighted by atomic mass is 9.96. The topological polar surface area (TPSA) is 39.7 Å². The minimum atomic E-state index is -0.100. The zero-order chi connectivity index (χ0) is 18.2. The van der Waals surface area contributed by atoms with Crippen molar-refractivity contribution < 1.29 is 4.39 Å². The number of hydrogen-bond donors (Lipinski definition) is 2. The van der Waals surface area contributed by atoms with Gasteiger partial charge in [0, 0.05) is 32.2 Å². The van der Waals surface area contributed by atoms with Crippen molar-refractivity contribution in [2.24, 2.45) is 10.9 Å². The van der Waals surface area contributed by atoms with E-state index in [9.17, 15) is 4.39 Å². The van der Waals surface area contributed by atoms with Gasteiger partial charge in [-0.1, -0.05) is 18.2 Å². The van der Waals surface area contributed by atoms with E-state index in [4.69, 9.17) is 0 Å². The van der Waals surface area contributed by atoms with Gasteiger partial charge in [0.1, 0.15) is 5.82 Å². The molecule has 1 fully saturated rings. The fourth-order valence-electron chi connectivity index (χ4n) is 3.26. The van der Waals surface area contributed by atoms with Gasteiger partial charge in [-0.25, -0.2) is 4.39 Å². The van der Waals surface area contributed by atoms with Crippen LogP contribution < -0.4 is 10.6 Å². The smallest absolute Gasteiger partial charge is 0.191 e. The maximum absolute atomic E-state index is 13.8. The van der Waals surface area contributed by atoms with Crippen molar-refractivity contribution in [2.45, 2.75) is 25.9 Å². The molecule has 140 valence electrons. The third-order valence-electron chi connectivity index (χ3n) is 4.88. The number of thiophene rings is 1.